The second kappa shape index (κ2) is 12.3. The summed E-state index contributed by atoms with van der Waals surface area (Å²) in [6.07, 6.45) is 0. The molecule has 266 valence electrons. The Morgan fingerprint density at radius 2 is 0.912 bits per heavy atom. The lowest BCUT2D eigenvalue weighted by atomic mass is 9.97. The Kier molecular flexibility index (Phi) is 6.83. The molecule has 57 heavy (non-hydrogen) atoms. The summed E-state index contributed by atoms with van der Waals surface area (Å²) in [4.78, 5) is 14.9. The lowest BCUT2D eigenvalue weighted by Gasteiger charge is -2.11. The largest absolute Gasteiger partial charge is 0.456 e. The zero-order valence-electron chi connectivity index (χ0n) is 30.4. The molecule has 0 atom stereocenters. The van der Waals surface area contributed by atoms with Gasteiger partial charge in [0.05, 0.1) is 27.7 Å². The van der Waals surface area contributed by atoms with Crippen LogP contribution >= 0.6 is 0 Å². The molecule has 6 nitrogen and oxygen atoms in total. The highest BCUT2D eigenvalue weighted by Crippen LogP contribution is 2.44. The number of hydrogen-bond donors (Lipinski definition) is 0. The zero-order valence-corrected chi connectivity index (χ0v) is 30.4. The van der Waals surface area contributed by atoms with Crippen molar-refractivity contribution in [2.24, 2.45) is 0 Å². The van der Waals surface area contributed by atoms with E-state index in [0.29, 0.717) is 17.5 Å². The third kappa shape index (κ3) is 4.87. The summed E-state index contributed by atoms with van der Waals surface area (Å²) in [5.74, 6) is 1.77. The molecular weight excluding hydrogens is 701 g/mol. The van der Waals surface area contributed by atoms with Crippen LogP contribution in [0.1, 0.15) is 0 Å². The lowest BCUT2D eigenvalue weighted by Crippen LogP contribution is -2.00. The smallest absolute Gasteiger partial charge is 0.167 e. The summed E-state index contributed by atoms with van der Waals surface area (Å²) in [5.41, 5.74) is 11.4. The summed E-state index contributed by atoms with van der Waals surface area (Å²) < 4.78 is 15.7. The number of aromatic nitrogens is 4. The molecule has 0 bridgehead atoms. The maximum atomic E-state index is 6.69. The number of fused-ring (bicyclic) bond motifs is 9. The second-order valence-electron chi connectivity index (χ2n) is 14.3. The van der Waals surface area contributed by atoms with Crippen LogP contribution in [0.2, 0.25) is 0 Å². The Labute approximate surface area is 325 Å². The van der Waals surface area contributed by atoms with Crippen molar-refractivity contribution >= 4 is 65.7 Å². The molecule has 0 saturated carbocycles. The van der Waals surface area contributed by atoms with Gasteiger partial charge in [-0.25, -0.2) is 15.0 Å². The average molecular weight is 731 g/mol. The first-order chi connectivity index (χ1) is 28.3. The van der Waals surface area contributed by atoms with Crippen molar-refractivity contribution in [1.82, 2.24) is 19.5 Å². The van der Waals surface area contributed by atoms with Crippen LogP contribution in [-0.2, 0) is 0 Å². The SMILES string of the molecule is c1ccc(-c2nc(-c3ccccc3)nc(-c3cccc4c3oc3ccc(-c5cccc6oc7cccc(-n8c9ccccc9c9ccccc98)c7c56)cc34)n2)cc1. The van der Waals surface area contributed by atoms with Crippen molar-refractivity contribution in [3.8, 4) is 51.0 Å². The molecule has 0 radical (unpaired) electrons. The molecular formula is C51H30N4O2. The standard InChI is InChI=1S/C51H30N4O2/c1-3-14-31(15-4-1)49-52-50(32-16-5-2-6-17-32)54-51(53-49)38-22-11-21-37-39-30-33(28-29-43(39)57-48(37)38)34-20-12-26-44-46(34)47-42(25-13-27-45(47)56-44)55-40-23-9-7-18-35(40)36-19-8-10-24-41(36)55/h1-30H. The van der Waals surface area contributed by atoms with E-state index in [1.54, 1.807) is 0 Å². The third-order valence-corrected chi connectivity index (χ3v) is 11.1. The van der Waals surface area contributed by atoms with Gasteiger partial charge in [-0.05, 0) is 59.7 Å². The normalized spacial score (nSPS) is 11.9. The molecule has 0 amide bonds. The predicted molar refractivity (Wildman–Crippen MR) is 230 cm³/mol. The monoisotopic (exact) mass is 730 g/mol. The minimum atomic E-state index is 0.555. The summed E-state index contributed by atoms with van der Waals surface area (Å²) >= 11 is 0. The fourth-order valence-electron chi connectivity index (χ4n) is 8.53. The van der Waals surface area contributed by atoms with Crippen LogP contribution in [0.5, 0.6) is 0 Å². The van der Waals surface area contributed by atoms with E-state index in [-0.39, 0.29) is 0 Å². The number of furan rings is 2. The van der Waals surface area contributed by atoms with E-state index in [0.717, 1.165) is 88.4 Å². The maximum absolute atomic E-state index is 6.69. The molecule has 4 aromatic heterocycles. The van der Waals surface area contributed by atoms with Crippen LogP contribution < -0.4 is 0 Å². The van der Waals surface area contributed by atoms with E-state index < -0.39 is 0 Å². The van der Waals surface area contributed by atoms with Gasteiger partial charge in [0, 0.05) is 38.1 Å². The van der Waals surface area contributed by atoms with E-state index in [1.165, 1.54) is 10.8 Å². The molecule has 0 aliphatic rings. The molecule has 0 saturated heterocycles. The lowest BCUT2D eigenvalue weighted by molar-refractivity contribution is 0.669. The van der Waals surface area contributed by atoms with Gasteiger partial charge in [-0.1, -0.05) is 133 Å². The van der Waals surface area contributed by atoms with Crippen molar-refractivity contribution in [3.63, 3.8) is 0 Å². The van der Waals surface area contributed by atoms with Crippen molar-refractivity contribution in [2.45, 2.75) is 0 Å². The summed E-state index contributed by atoms with van der Waals surface area (Å²) in [7, 11) is 0. The van der Waals surface area contributed by atoms with Gasteiger partial charge in [0.2, 0.25) is 0 Å². The number of benzene rings is 8. The van der Waals surface area contributed by atoms with Gasteiger partial charge >= 0.3 is 0 Å². The van der Waals surface area contributed by atoms with E-state index >= 15 is 0 Å². The Morgan fingerprint density at radius 3 is 1.61 bits per heavy atom. The van der Waals surface area contributed by atoms with E-state index in [2.05, 4.69) is 120 Å². The van der Waals surface area contributed by atoms with Gasteiger partial charge in [0.25, 0.3) is 0 Å². The Hall–Kier alpha value is -7.83. The summed E-state index contributed by atoms with van der Waals surface area (Å²) in [5, 5.41) is 6.59. The molecule has 0 aliphatic heterocycles. The number of nitrogens with zero attached hydrogens (tertiary/aromatic N) is 4. The molecule has 0 fully saturated rings. The first-order valence-electron chi connectivity index (χ1n) is 19.0. The first kappa shape index (κ1) is 31.5. The number of rotatable bonds is 5. The van der Waals surface area contributed by atoms with Gasteiger partial charge in [0.1, 0.15) is 22.3 Å². The van der Waals surface area contributed by atoms with Crippen LogP contribution in [0.3, 0.4) is 0 Å². The molecule has 8 aromatic carbocycles. The first-order valence-corrected chi connectivity index (χ1v) is 19.0. The highest BCUT2D eigenvalue weighted by molar-refractivity contribution is 6.19. The number of hydrogen-bond acceptors (Lipinski definition) is 5. The fourth-order valence-corrected chi connectivity index (χ4v) is 8.53. The van der Waals surface area contributed by atoms with Gasteiger partial charge in [-0.15, -0.1) is 0 Å². The van der Waals surface area contributed by atoms with Crippen molar-refractivity contribution in [1.29, 1.82) is 0 Å². The Morgan fingerprint density at radius 1 is 0.351 bits per heavy atom. The van der Waals surface area contributed by atoms with Gasteiger partial charge in [-0.3, -0.25) is 0 Å². The molecule has 4 heterocycles. The minimum Gasteiger partial charge on any atom is -0.456 e. The molecule has 12 aromatic rings. The van der Waals surface area contributed by atoms with Crippen LogP contribution in [0.15, 0.2) is 191 Å². The Balaban J connectivity index is 1.06. The summed E-state index contributed by atoms with van der Waals surface area (Å²) in [6, 6.07) is 62.6. The van der Waals surface area contributed by atoms with Crippen molar-refractivity contribution in [3.05, 3.63) is 182 Å². The van der Waals surface area contributed by atoms with Crippen LogP contribution in [0.4, 0.5) is 0 Å². The molecule has 0 unspecified atom stereocenters. The highest BCUT2D eigenvalue weighted by atomic mass is 16.3. The number of para-hydroxylation sites is 3. The molecule has 0 aliphatic carbocycles. The Bertz CT molecular complexity index is 3410. The van der Waals surface area contributed by atoms with E-state index in [9.17, 15) is 0 Å². The van der Waals surface area contributed by atoms with Gasteiger partial charge in [0.15, 0.2) is 17.5 Å². The summed E-state index contributed by atoms with van der Waals surface area (Å²) in [6.45, 7) is 0. The minimum absolute atomic E-state index is 0.555. The highest BCUT2D eigenvalue weighted by Gasteiger charge is 2.22. The van der Waals surface area contributed by atoms with Gasteiger partial charge in [-0.2, -0.15) is 0 Å². The molecule has 12 rings (SSSR count). The molecule has 0 spiro atoms. The van der Waals surface area contributed by atoms with Crippen LogP contribution in [-0.4, -0.2) is 19.5 Å². The van der Waals surface area contributed by atoms with Crippen LogP contribution in [0, 0.1) is 0 Å². The third-order valence-electron chi connectivity index (χ3n) is 11.1. The van der Waals surface area contributed by atoms with Gasteiger partial charge < -0.3 is 13.4 Å². The van der Waals surface area contributed by atoms with E-state index in [1.807, 2.05) is 66.7 Å². The van der Waals surface area contributed by atoms with Crippen molar-refractivity contribution in [2.75, 3.05) is 0 Å². The predicted octanol–water partition coefficient (Wildman–Crippen LogP) is 13.4. The maximum Gasteiger partial charge on any atom is 0.167 e. The fraction of sp³-hybridized carbons (Fsp3) is 0. The average Bonchev–Trinajstić information content (AvgIpc) is 3.96. The second-order valence-corrected chi connectivity index (χ2v) is 14.3. The van der Waals surface area contributed by atoms with E-state index in [4.69, 9.17) is 23.8 Å². The van der Waals surface area contributed by atoms with Crippen LogP contribution in [0.25, 0.3) is 117 Å². The topological polar surface area (TPSA) is 69.9 Å². The van der Waals surface area contributed by atoms with Crippen molar-refractivity contribution < 1.29 is 8.83 Å². The zero-order chi connectivity index (χ0) is 37.5. The molecule has 0 N–H and O–H groups in total. The quantitative estimate of drug-likeness (QED) is 0.176. The molecule has 6 heteroatoms.